The van der Waals surface area contributed by atoms with E-state index in [1.54, 1.807) is 24.3 Å². The maximum atomic E-state index is 13.6. The van der Waals surface area contributed by atoms with Gasteiger partial charge in [0.05, 0.1) is 35.9 Å². The monoisotopic (exact) mass is 356 g/mol. The van der Waals surface area contributed by atoms with E-state index in [4.69, 9.17) is 0 Å². The summed E-state index contributed by atoms with van der Waals surface area (Å²) in [4.78, 5) is 36.3. The van der Waals surface area contributed by atoms with Crippen LogP contribution in [0, 0.1) is 17.7 Å². The zero-order valence-electron chi connectivity index (χ0n) is 14.0. The molecular formula is C19H17FN2O4. The number of methoxy groups -OCH3 is 1. The Morgan fingerprint density at radius 3 is 2.08 bits per heavy atom. The summed E-state index contributed by atoms with van der Waals surface area (Å²) >= 11 is 0. The quantitative estimate of drug-likeness (QED) is 0.807. The first-order valence-corrected chi connectivity index (χ1v) is 8.05. The molecule has 0 aromatic heterocycles. The van der Waals surface area contributed by atoms with E-state index in [2.05, 4.69) is 15.4 Å². The molecule has 0 bridgehead atoms. The number of amides is 2. The molecule has 0 aliphatic heterocycles. The predicted octanol–water partition coefficient (Wildman–Crippen LogP) is 2.83. The van der Waals surface area contributed by atoms with Gasteiger partial charge in [0.2, 0.25) is 11.8 Å². The van der Waals surface area contributed by atoms with Crippen molar-refractivity contribution in [3.8, 4) is 0 Å². The van der Waals surface area contributed by atoms with Gasteiger partial charge in [0, 0.05) is 0 Å². The van der Waals surface area contributed by atoms with Crippen molar-refractivity contribution >= 4 is 29.2 Å². The third-order valence-corrected chi connectivity index (χ3v) is 4.19. The van der Waals surface area contributed by atoms with Crippen molar-refractivity contribution in [3.05, 3.63) is 59.9 Å². The number of para-hydroxylation sites is 2. The molecule has 0 saturated heterocycles. The highest BCUT2D eigenvalue weighted by atomic mass is 19.1. The van der Waals surface area contributed by atoms with Crippen LogP contribution in [-0.4, -0.2) is 24.9 Å². The number of hydrogen-bond acceptors (Lipinski definition) is 4. The van der Waals surface area contributed by atoms with Crippen molar-refractivity contribution in [1.29, 1.82) is 0 Å². The zero-order valence-corrected chi connectivity index (χ0v) is 14.0. The minimum Gasteiger partial charge on any atom is -0.465 e. The van der Waals surface area contributed by atoms with Crippen LogP contribution < -0.4 is 10.6 Å². The van der Waals surface area contributed by atoms with Gasteiger partial charge in [-0.1, -0.05) is 24.3 Å². The van der Waals surface area contributed by atoms with Crippen molar-refractivity contribution in [1.82, 2.24) is 0 Å². The SMILES string of the molecule is COC(=O)c1ccccc1NC(=O)C1CC1C(=O)Nc1ccccc1F. The van der Waals surface area contributed by atoms with E-state index in [9.17, 15) is 18.8 Å². The van der Waals surface area contributed by atoms with E-state index in [0.29, 0.717) is 12.1 Å². The lowest BCUT2D eigenvalue weighted by Gasteiger charge is -2.09. The molecule has 1 fully saturated rings. The molecule has 2 amide bonds. The molecule has 2 unspecified atom stereocenters. The largest absolute Gasteiger partial charge is 0.465 e. The van der Waals surface area contributed by atoms with Crippen LogP contribution in [0.25, 0.3) is 0 Å². The van der Waals surface area contributed by atoms with Crippen molar-refractivity contribution in [2.45, 2.75) is 6.42 Å². The van der Waals surface area contributed by atoms with Crippen LogP contribution in [0.5, 0.6) is 0 Å². The van der Waals surface area contributed by atoms with Gasteiger partial charge in [-0.25, -0.2) is 9.18 Å². The molecule has 2 atom stereocenters. The van der Waals surface area contributed by atoms with Gasteiger partial charge >= 0.3 is 5.97 Å². The molecule has 1 aliphatic rings. The molecule has 134 valence electrons. The standard InChI is InChI=1S/C19H17FN2O4/c1-26-19(25)11-6-2-4-8-15(11)21-17(23)12-10-13(12)18(24)22-16-9-5-3-7-14(16)20/h2-9,12-13H,10H2,1H3,(H,21,23)(H,22,24). The summed E-state index contributed by atoms with van der Waals surface area (Å²) in [7, 11) is 1.25. The number of rotatable bonds is 5. The van der Waals surface area contributed by atoms with Crippen LogP contribution in [-0.2, 0) is 14.3 Å². The number of carbonyl (C=O) groups excluding carboxylic acids is 3. The molecule has 2 N–H and O–H groups in total. The van der Waals surface area contributed by atoms with Gasteiger partial charge in [0.1, 0.15) is 5.82 Å². The zero-order chi connectivity index (χ0) is 18.7. The van der Waals surface area contributed by atoms with Crippen LogP contribution in [0.4, 0.5) is 15.8 Å². The maximum absolute atomic E-state index is 13.6. The molecule has 2 aromatic carbocycles. The second-order valence-electron chi connectivity index (χ2n) is 5.94. The molecule has 3 rings (SSSR count). The summed E-state index contributed by atoms with van der Waals surface area (Å²) in [5.41, 5.74) is 0.639. The second kappa shape index (κ2) is 7.35. The topological polar surface area (TPSA) is 84.5 Å². The van der Waals surface area contributed by atoms with E-state index in [1.165, 1.54) is 31.4 Å². The van der Waals surface area contributed by atoms with Gasteiger partial charge in [-0.3, -0.25) is 9.59 Å². The number of carbonyl (C=O) groups is 3. The number of halogens is 1. The van der Waals surface area contributed by atoms with Gasteiger partial charge in [0.25, 0.3) is 0 Å². The predicted molar refractivity (Wildman–Crippen MR) is 93.0 cm³/mol. The van der Waals surface area contributed by atoms with E-state index in [0.717, 1.165) is 0 Å². The Balaban J connectivity index is 1.62. The minimum absolute atomic E-state index is 0.0830. The maximum Gasteiger partial charge on any atom is 0.339 e. The number of ether oxygens (including phenoxy) is 1. The van der Waals surface area contributed by atoms with Crippen LogP contribution >= 0.6 is 0 Å². The molecule has 6 nitrogen and oxygen atoms in total. The summed E-state index contributed by atoms with van der Waals surface area (Å²) < 4.78 is 18.3. The van der Waals surface area contributed by atoms with Crippen molar-refractivity contribution in [2.75, 3.05) is 17.7 Å². The Morgan fingerprint density at radius 2 is 1.46 bits per heavy atom. The van der Waals surface area contributed by atoms with E-state index in [1.807, 2.05) is 0 Å². The van der Waals surface area contributed by atoms with Gasteiger partial charge in [0.15, 0.2) is 0 Å². The van der Waals surface area contributed by atoms with Gasteiger partial charge in [-0.2, -0.15) is 0 Å². The molecule has 2 aromatic rings. The normalized spacial score (nSPS) is 17.9. The Kier molecular flexibility index (Phi) is 4.97. The van der Waals surface area contributed by atoms with Crippen LogP contribution in [0.2, 0.25) is 0 Å². The summed E-state index contributed by atoms with van der Waals surface area (Å²) in [5.74, 6) is -2.92. The summed E-state index contributed by atoms with van der Waals surface area (Å²) in [6.45, 7) is 0. The number of hydrogen-bond donors (Lipinski definition) is 2. The number of benzene rings is 2. The third kappa shape index (κ3) is 3.72. The molecule has 1 aliphatic carbocycles. The highest BCUT2D eigenvalue weighted by Crippen LogP contribution is 2.40. The fourth-order valence-corrected chi connectivity index (χ4v) is 2.67. The lowest BCUT2D eigenvalue weighted by Crippen LogP contribution is -2.22. The summed E-state index contributed by atoms with van der Waals surface area (Å²) in [5, 5.41) is 5.15. The van der Waals surface area contributed by atoms with E-state index >= 15 is 0 Å². The highest BCUT2D eigenvalue weighted by Gasteiger charge is 2.48. The van der Waals surface area contributed by atoms with Crippen LogP contribution in [0.3, 0.4) is 0 Å². The lowest BCUT2D eigenvalue weighted by atomic mass is 10.1. The molecule has 1 saturated carbocycles. The van der Waals surface area contributed by atoms with Gasteiger partial charge < -0.3 is 15.4 Å². The summed E-state index contributed by atoms with van der Waals surface area (Å²) in [6, 6.07) is 12.3. The third-order valence-electron chi connectivity index (χ3n) is 4.19. The van der Waals surface area contributed by atoms with E-state index in [-0.39, 0.29) is 17.2 Å². The fourth-order valence-electron chi connectivity index (χ4n) is 2.67. The van der Waals surface area contributed by atoms with Crippen LogP contribution in [0.15, 0.2) is 48.5 Å². The Hall–Kier alpha value is -3.22. The lowest BCUT2D eigenvalue weighted by molar-refractivity contribution is -0.122. The first kappa shape index (κ1) is 17.6. The molecule has 0 spiro atoms. The number of nitrogens with one attached hydrogen (secondary N) is 2. The highest BCUT2D eigenvalue weighted by molar-refractivity contribution is 6.06. The average Bonchev–Trinajstić information content (AvgIpc) is 3.44. The molecule has 0 heterocycles. The van der Waals surface area contributed by atoms with Crippen molar-refractivity contribution < 1.29 is 23.5 Å². The van der Waals surface area contributed by atoms with Crippen molar-refractivity contribution in [3.63, 3.8) is 0 Å². The van der Waals surface area contributed by atoms with Gasteiger partial charge in [-0.05, 0) is 30.7 Å². The first-order chi connectivity index (χ1) is 12.5. The van der Waals surface area contributed by atoms with Crippen molar-refractivity contribution in [2.24, 2.45) is 11.8 Å². The molecule has 26 heavy (non-hydrogen) atoms. The summed E-state index contributed by atoms with van der Waals surface area (Å²) in [6.07, 6.45) is 0.368. The smallest absolute Gasteiger partial charge is 0.339 e. The molecule has 0 radical (unpaired) electrons. The Morgan fingerprint density at radius 1 is 0.923 bits per heavy atom. The van der Waals surface area contributed by atoms with Crippen LogP contribution in [0.1, 0.15) is 16.8 Å². The van der Waals surface area contributed by atoms with E-state index < -0.39 is 29.5 Å². The minimum atomic E-state index is -0.564. The molecule has 7 heteroatoms. The first-order valence-electron chi connectivity index (χ1n) is 8.05. The second-order valence-corrected chi connectivity index (χ2v) is 5.94. The average molecular weight is 356 g/mol. The number of anilines is 2. The molecular weight excluding hydrogens is 339 g/mol. The van der Waals surface area contributed by atoms with Gasteiger partial charge in [-0.15, -0.1) is 0 Å². The number of esters is 1. The Bertz CT molecular complexity index is 868. The Labute approximate surface area is 149 Å². The fraction of sp³-hybridized carbons (Fsp3) is 0.211.